The Morgan fingerprint density at radius 1 is 1.07 bits per heavy atom. The van der Waals surface area contributed by atoms with Crippen molar-refractivity contribution in [1.82, 2.24) is 5.32 Å². The van der Waals surface area contributed by atoms with Crippen molar-refractivity contribution in [2.45, 2.75) is 26.0 Å². The van der Waals surface area contributed by atoms with Gasteiger partial charge < -0.3 is 14.8 Å². The average molecular weight is 407 g/mol. The number of nitrogens with zero attached hydrogens (tertiary/aromatic N) is 1. The highest BCUT2D eigenvalue weighted by atomic mass is 32.2. The van der Waals surface area contributed by atoms with Gasteiger partial charge in [-0.15, -0.1) is 0 Å². The SMILES string of the molecule is CC[C@@H](Oc1ccc(N(C)S(C)(=O)=O)cc1)C(=O)NCc1ccc(OC)cc1. The number of nitrogens with one attached hydrogen (secondary N) is 1. The minimum atomic E-state index is -3.33. The summed E-state index contributed by atoms with van der Waals surface area (Å²) in [6, 6.07) is 14.0. The lowest BCUT2D eigenvalue weighted by Crippen LogP contribution is -2.37. The molecule has 0 saturated heterocycles. The van der Waals surface area contributed by atoms with Gasteiger partial charge in [-0.2, -0.15) is 0 Å². The third-order valence-electron chi connectivity index (χ3n) is 4.27. The lowest BCUT2D eigenvalue weighted by molar-refractivity contribution is -0.128. The molecular formula is C20H26N2O5S. The second kappa shape index (κ2) is 9.45. The van der Waals surface area contributed by atoms with Crippen LogP contribution >= 0.6 is 0 Å². The Morgan fingerprint density at radius 3 is 2.14 bits per heavy atom. The van der Waals surface area contributed by atoms with Gasteiger partial charge in [0.15, 0.2) is 6.10 Å². The zero-order chi connectivity index (χ0) is 20.7. The molecule has 1 N–H and O–H groups in total. The lowest BCUT2D eigenvalue weighted by atomic mass is 10.2. The molecule has 0 aromatic heterocycles. The molecular weight excluding hydrogens is 380 g/mol. The lowest BCUT2D eigenvalue weighted by Gasteiger charge is -2.19. The third-order valence-corrected chi connectivity index (χ3v) is 5.47. The zero-order valence-electron chi connectivity index (χ0n) is 16.5. The van der Waals surface area contributed by atoms with Crippen LogP contribution in [-0.4, -0.2) is 40.8 Å². The molecule has 0 aliphatic rings. The Morgan fingerprint density at radius 2 is 1.64 bits per heavy atom. The van der Waals surface area contributed by atoms with Crippen LogP contribution in [0.15, 0.2) is 48.5 Å². The first-order valence-corrected chi connectivity index (χ1v) is 10.7. The van der Waals surface area contributed by atoms with Crippen LogP contribution in [0, 0.1) is 0 Å². The average Bonchev–Trinajstić information content (AvgIpc) is 2.69. The van der Waals surface area contributed by atoms with E-state index in [-0.39, 0.29) is 5.91 Å². The van der Waals surface area contributed by atoms with Crippen LogP contribution in [-0.2, 0) is 21.4 Å². The molecule has 0 fully saturated rings. The number of amides is 1. The fraction of sp³-hybridized carbons (Fsp3) is 0.350. The van der Waals surface area contributed by atoms with Gasteiger partial charge in [0.05, 0.1) is 19.1 Å². The number of ether oxygens (including phenoxy) is 2. The predicted molar refractivity (Wildman–Crippen MR) is 109 cm³/mol. The number of benzene rings is 2. The summed E-state index contributed by atoms with van der Waals surface area (Å²) in [6.07, 6.45) is 0.994. The van der Waals surface area contributed by atoms with Crippen molar-refractivity contribution in [3.8, 4) is 11.5 Å². The quantitative estimate of drug-likeness (QED) is 0.692. The van der Waals surface area contributed by atoms with Crippen LogP contribution in [0.5, 0.6) is 11.5 Å². The molecule has 0 aliphatic heterocycles. The molecule has 0 radical (unpaired) electrons. The van der Waals surface area contributed by atoms with Gasteiger partial charge >= 0.3 is 0 Å². The van der Waals surface area contributed by atoms with Gasteiger partial charge in [-0.3, -0.25) is 9.10 Å². The minimum Gasteiger partial charge on any atom is -0.497 e. The molecule has 28 heavy (non-hydrogen) atoms. The van der Waals surface area contributed by atoms with Crippen LogP contribution in [0.3, 0.4) is 0 Å². The molecule has 2 aromatic carbocycles. The van der Waals surface area contributed by atoms with E-state index in [1.54, 1.807) is 31.4 Å². The van der Waals surface area contributed by atoms with E-state index in [0.29, 0.717) is 24.4 Å². The number of anilines is 1. The van der Waals surface area contributed by atoms with Gasteiger partial charge in [0.2, 0.25) is 10.0 Å². The highest BCUT2D eigenvalue weighted by Gasteiger charge is 2.18. The smallest absolute Gasteiger partial charge is 0.261 e. The van der Waals surface area contributed by atoms with Crippen LogP contribution in [0.25, 0.3) is 0 Å². The summed E-state index contributed by atoms with van der Waals surface area (Å²) >= 11 is 0. The number of hydrogen-bond donors (Lipinski definition) is 1. The first-order chi connectivity index (χ1) is 13.2. The maximum atomic E-state index is 12.4. The predicted octanol–water partition coefficient (Wildman–Crippen LogP) is 2.56. The number of methoxy groups -OCH3 is 1. The molecule has 2 rings (SSSR count). The summed E-state index contributed by atoms with van der Waals surface area (Å²) in [6.45, 7) is 2.25. The summed E-state index contributed by atoms with van der Waals surface area (Å²) in [4.78, 5) is 12.4. The van der Waals surface area contributed by atoms with Crippen molar-refractivity contribution in [3.63, 3.8) is 0 Å². The highest BCUT2D eigenvalue weighted by molar-refractivity contribution is 7.92. The number of hydrogen-bond acceptors (Lipinski definition) is 5. The van der Waals surface area contributed by atoms with E-state index in [0.717, 1.165) is 17.6 Å². The van der Waals surface area contributed by atoms with Crippen molar-refractivity contribution >= 4 is 21.6 Å². The molecule has 7 nitrogen and oxygen atoms in total. The highest BCUT2D eigenvalue weighted by Crippen LogP contribution is 2.21. The maximum absolute atomic E-state index is 12.4. The minimum absolute atomic E-state index is 0.212. The largest absolute Gasteiger partial charge is 0.497 e. The molecule has 152 valence electrons. The summed E-state index contributed by atoms with van der Waals surface area (Å²) < 4.78 is 35.2. The second-order valence-corrected chi connectivity index (χ2v) is 8.32. The van der Waals surface area contributed by atoms with E-state index in [4.69, 9.17) is 9.47 Å². The van der Waals surface area contributed by atoms with Crippen LogP contribution in [0.1, 0.15) is 18.9 Å². The molecule has 1 amide bonds. The van der Waals surface area contributed by atoms with Crippen LogP contribution in [0.4, 0.5) is 5.69 Å². The van der Waals surface area contributed by atoms with E-state index < -0.39 is 16.1 Å². The standard InChI is InChI=1S/C20H26N2O5S/c1-5-19(20(23)21-14-15-6-10-17(26-3)11-7-15)27-18-12-8-16(9-13-18)22(2)28(4,24)25/h6-13,19H,5,14H2,1-4H3,(H,21,23)/t19-/m1/s1. The second-order valence-electron chi connectivity index (χ2n) is 6.31. The van der Waals surface area contributed by atoms with E-state index >= 15 is 0 Å². The van der Waals surface area contributed by atoms with E-state index in [2.05, 4.69) is 5.32 Å². The van der Waals surface area contributed by atoms with Crippen molar-refractivity contribution in [2.24, 2.45) is 0 Å². The van der Waals surface area contributed by atoms with E-state index in [1.165, 1.54) is 11.4 Å². The van der Waals surface area contributed by atoms with Crippen LogP contribution < -0.4 is 19.1 Å². The Kier molecular flexibility index (Phi) is 7.28. The number of sulfonamides is 1. The third kappa shape index (κ3) is 5.88. The first kappa shape index (κ1) is 21.6. The molecule has 2 aromatic rings. The molecule has 0 heterocycles. The Labute approximate surface area is 166 Å². The van der Waals surface area contributed by atoms with Gasteiger partial charge in [-0.25, -0.2) is 8.42 Å². The molecule has 8 heteroatoms. The zero-order valence-corrected chi connectivity index (χ0v) is 17.3. The Hall–Kier alpha value is -2.74. The van der Waals surface area contributed by atoms with Crippen molar-refractivity contribution in [1.29, 1.82) is 0 Å². The van der Waals surface area contributed by atoms with Gasteiger partial charge in [-0.05, 0) is 48.4 Å². The summed E-state index contributed by atoms with van der Waals surface area (Å²) in [7, 11) is -0.246. The van der Waals surface area contributed by atoms with Crippen molar-refractivity contribution < 1.29 is 22.7 Å². The van der Waals surface area contributed by atoms with Crippen molar-refractivity contribution in [2.75, 3.05) is 24.7 Å². The van der Waals surface area contributed by atoms with E-state index in [9.17, 15) is 13.2 Å². The van der Waals surface area contributed by atoms with Crippen molar-refractivity contribution in [3.05, 3.63) is 54.1 Å². The topological polar surface area (TPSA) is 84.9 Å². The molecule has 1 atom stereocenters. The molecule has 0 bridgehead atoms. The van der Waals surface area contributed by atoms with Gasteiger partial charge in [-0.1, -0.05) is 19.1 Å². The molecule has 0 unspecified atom stereocenters. The molecule has 0 spiro atoms. The Balaban J connectivity index is 1.95. The first-order valence-electron chi connectivity index (χ1n) is 8.86. The normalized spacial score (nSPS) is 12.1. The van der Waals surface area contributed by atoms with Gasteiger partial charge in [0.1, 0.15) is 11.5 Å². The number of carbonyl (C=O) groups is 1. The fourth-order valence-electron chi connectivity index (χ4n) is 2.46. The molecule has 0 saturated carbocycles. The fourth-order valence-corrected chi connectivity index (χ4v) is 2.96. The van der Waals surface area contributed by atoms with E-state index in [1.807, 2.05) is 31.2 Å². The van der Waals surface area contributed by atoms with Gasteiger partial charge in [0.25, 0.3) is 5.91 Å². The monoisotopic (exact) mass is 406 g/mol. The number of rotatable bonds is 9. The number of carbonyl (C=O) groups excluding carboxylic acids is 1. The van der Waals surface area contributed by atoms with Crippen LogP contribution in [0.2, 0.25) is 0 Å². The Bertz CT molecular complexity index is 880. The molecule has 0 aliphatic carbocycles. The summed E-state index contributed by atoms with van der Waals surface area (Å²) in [5.74, 6) is 1.04. The van der Waals surface area contributed by atoms with Gasteiger partial charge in [0, 0.05) is 13.6 Å². The summed E-state index contributed by atoms with van der Waals surface area (Å²) in [5, 5.41) is 2.86. The summed E-state index contributed by atoms with van der Waals surface area (Å²) in [5.41, 5.74) is 1.48. The maximum Gasteiger partial charge on any atom is 0.261 e.